The molecule has 0 aliphatic carbocycles. The summed E-state index contributed by atoms with van der Waals surface area (Å²) in [5.41, 5.74) is 3.07. The number of hydrogen-bond acceptors (Lipinski definition) is 5. The lowest BCUT2D eigenvalue weighted by Gasteiger charge is -2.19. The highest BCUT2D eigenvalue weighted by Gasteiger charge is 2.18. The van der Waals surface area contributed by atoms with Gasteiger partial charge >= 0.3 is 5.69 Å². The number of rotatable bonds is 6. The van der Waals surface area contributed by atoms with Crippen molar-refractivity contribution >= 4 is 5.95 Å². The van der Waals surface area contributed by atoms with Crippen LogP contribution in [-0.4, -0.2) is 21.1 Å². The van der Waals surface area contributed by atoms with E-state index in [1.54, 1.807) is 4.57 Å². The fourth-order valence-corrected chi connectivity index (χ4v) is 2.69. The first-order chi connectivity index (χ1) is 11.1. The highest BCUT2D eigenvalue weighted by Crippen LogP contribution is 2.27. The normalized spacial score (nSPS) is 10.8. The second-order valence-electron chi connectivity index (χ2n) is 5.32. The average Bonchev–Trinajstić information content (AvgIpc) is 2.59. The standard InChI is InChI=1S/C17H25N5O/c1-5-12-10-9-11-13(6-2)14(12)15-19-16(22(18)8-4)20-17(23)21(15)7-3/h9-11H,5-8,18H2,1-4H3. The summed E-state index contributed by atoms with van der Waals surface area (Å²) in [6.45, 7) is 9.09. The maximum Gasteiger partial charge on any atom is 0.352 e. The van der Waals surface area contributed by atoms with Crippen LogP contribution in [0, 0.1) is 0 Å². The van der Waals surface area contributed by atoms with Gasteiger partial charge in [-0.1, -0.05) is 32.0 Å². The van der Waals surface area contributed by atoms with Crippen molar-refractivity contribution in [2.75, 3.05) is 11.6 Å². The van der Waals surface area contributed by atoms with Crippen molar-refractivity contribution in [1.82, 2.24) is 14.5 Å². The topological polar surface area (TPSA) is 77.0 Å². The minimum atomic E-state index is -0.315. The molecule has 2 aromatic rings. The van der Waals surface area contributed by atoms with Gasteiger partial charge in [0.1, 0.15) is 5.82 Å². The first kappa shape index (κ1) is 17.1. The Morgan fingerprint density at radius 3 is 2.17 bits per heavy atom. The van der Waals surface area contributed by atoms with Crippen LogP contribution in [0.2, 0.25) is 0 Å². The Hall–Kier alpha value is -2.21. The SMILES string of the molecule is CCc1cccc(CC)c1-c1nc(N(N)CC)nc(=O)n1CC. The van der Waals surface area contributed by atoms with E-state index in [0.717, 1.165) is 18.4 Å². The minimum absolute atomic E-state index is 0.269. The van der Waals surface area contributed by atoms with Gasteiger partial charge < -0.3 is 0 Å². The molecule has 6 nitrogen and oxygen atoms in total. The third kappa shape index (κ3) is 3.27. The Balaban J connectivity index is 2.81. The van der Waals surface area contributed by atoms with Gasteiger partial charge in [-0.2, -0.15) is 9.97 Å². The lowest BCUT2D eigenvalue weighted by atomic mass is 9.97. The van der Waals surface area contributed by atoms with Gasteiger partial charge in [0.25, 0.3) is 0 Å². The molecular weight excluding hydrogens is 290 g/mol. The van der Waals surface area contributed by atoms with Gasteiger partial charge in [-0.05, 0) is 37.8 Å². The number of hydrazine groups is 1. The van der Waals surface area contributed by atoms with Gasteiger partial charge in [0.05, 0.1) is 0 Å². The molecular formula is C17H25N5O. The van der Waals surface area contributed by atoms with E-state index in [2.05, 4.69) is 42.0 Å². The van der Waals surface area contributed by atoms with E-state index in [9.17, 15) is 4.79 Å². The van der Waals surface area contributed by atoms with E-state index >= 15 is 0 Å². The lowest BCUT2D eigenvalue weighted by molar-refractivity contribution is 0.673. The first-order valence-electron chi connectivity index (χ1n) is 8.19. The zero-order chi connectivity index (χ0) is 17.0. The Morgan fingerprint density at radius 2 is 1.70 bits per heavy atom. The van der Waals surface area contributed by atoms with Crippen LogP contribution in [-0.2, 0) is 19.4 Å². The van der Waals surface area contributed by atoms with E-state index in [4.69, 9.17) is 5.84 Å². The molecule has 23 heavy (non-hydrogen) atoms. The van der Waals surface area contributed by atoms with Gasteiger partial charge in [-0.15, -0.1) is 0 Å². The number of nitrogens with two attached hydrogens (primary N) is 1. The van der Waals surface area contributed by atoms with Gasteiger partial charge in [0.15, 0.2) is 0 Å². The van der Waals surface area contributed by atoms with Crippen molar-refractivity contribution in [3.8, 4) is 11.4 Å². The quantitative estimate of drug-likeness (QED) is 0.653. The zero-order valence-corrected chi connectivity index (χ0v) is 14.3. The molecule has 1 aromatic heterocycles. The van der Waals surface area contributed by atoms with E-state index in [1.165, 1.54) is 16.1 Å². The van der Waals surface area contributed by atoms with E-state index < -0.39 is 0 Å². The monoisotopic (exact) mass is 315 g/mol. The molecule has 124 valence electrons. The van der Waals surface area contributed by atoms with Crippen molar-refractivity contribution < 1.29 is 0 Å². The zero-order valence-electron chi connectivity index (χ0n) is 14.3. The molecule has 0 spiro atoms. The van der Waals surface area contributed by atoms with E-state index in [1.807, 2.05) is 13.8 Å². The highest BCUT2D eigenvalue weighted by atomic mass is 16.1. The van der Waals surface area contributed by atoms with Crippen LogP contribution in [0.5, 0.6) is 0 Å². The third-order valence-corrected chi connectivity index (χ3v) is 4.02. The number of benzene rings is 1. The Bertz CT molecular complexity index is 716. The maximum absolute atomic E-state index is 12.4. The number of hydrogen-bond donors (Lipinski definition) is 1. The van der Waals surface area contributed by atoms with Crippen molar-refractivity contribution in [1.29, 1.82) is 0 Å². The van der Waals surface area contributed by atoms with Crippen LogP contribution in [0.1, 0.15) is 38.8 Å². The van der Waals surface area contributed by atoms with E-state index in [0.29, 0.717) is 18.9 Å². The Kier molecular flexibility index (Phi) is 5.50. The summed E-state index contributed by atoms with van der Waals surface area (Å²) < 4.78 is 1.61. The summed E-state index contributed by atoms with van der Waals surface area (Å²) in [5.74, 6) is 6.83. The summed E-state index contributed by atoms with van der Waals surface area (Å²) >= 11 is 0. The van der Waals surface area contributed by atoms with Crippen LogP contribution < -0.4 is 16.5 Å². The second kappa shape index (κ2) is 7.37. The van der Waals surface area contributed by atoms with Crippen molar-refractivity contribution in [3.63, 3.8) is 0 Å². The lowest BCUT2D eigenvalue weighted by Crippen LogP contribution is -2.36. The summed E-state index contributed by atoms with van der Waals surface area (Å²) in [4.78, 5) is 21.0. The van der Waals surface area contributed by atoms with Crippen LogP contribution in [0.3, 0.4) is 0 Å². The van der Waals surface area contributed by atoms with Crippen molar-refractivity contribution in [2.45, 2.75) is 47.1 Å². The second-order valence-corrected chi connectivity index (χ2v) is 5.32. The molecule has 0 saturated carbocycles. The predicted octanol–water partition coefficient (Wildman–Crippen LogP) is 2.15. The number of aromatic nitrogens is 3. The van der Waals surface area contributed by atoms with Gasteiger partial charge in [0.2, 0.25) is 5.95 Å². The predicted molar refractivity (Wildman–Crippen MR) is 93.4 cm³/mol. The molecule has 0 radical (unpaired) electrons. The van der Waals surface area contributed by atoms with Crippen LogP contribution in [0.15, 0.2) is 23.0 Å². The molecule has 0 unspecified atom stereocenters. The number of aryl methyl sites for hydroxylation is 2. The Labute approximate surface area is 137 Å². The maximum atomic E-state index is 12.4. The molecule has 0 aliphatic rings. The van der Waals surface area contributed by atoms with Gasteiger partial charge in [-0.25, -0.2) is 10.6 Å². The summed E-state index contributed by atoms with van der Waals surface area (Å²) in [6, 6.07) is 6.22. The fraction of sp³-hybridized carbons (Fsp3) is 0.471. The molecule has 1 aromatic carbocycles. The smallest absolute Gasteiger partial charge is 0.279 e. The third-order valence-electron chi connectivity index (χ3n) is 4.02. The molecule has 0 aliphatic heterocycles. The minimum Gasteiger partial charge on any atom is -0.279 e. The average molecular weight is 315 g/mol. The number of nitrogens with zero attached hydrogens (tertiary/aromatic N) is 4. The molecule has 0 atom stereocenters. The molecule has 2 rings (SSSR count). The fourth-order valence-electron chi connectivity index (χ4n) is 2.69. The van der Waals surface area contributed by atoms with Gasteiger partial charge in [-0.3, -0.25) is 9.58 Å². The van der Waals surface area contributed by atoms with Crippen molar-refractivity contribution in [3.05, 3.63) is 39.8 Å². The molecule has 0 bridgehead atoms. The summed E-state index contributed by atoms with van der Waals surface area (Å²) in [5, 5.41) is 1.39. The molecule has 0 saturated heterocycles. The highest BCUT2D eigenvalue weighted by molar-refractivity contribution is 5.66. The summed E-state index contributed by atoms with van der Waals surface area (Å²) in [6.07, 6.45) is 1.75. The van der Waals surface area contributed by atoms with Gasteiger partial charge in [0, 0.05) is 18.7 Å². The molecule has 1 heterocycles. The van der Waals surface area contributed by atoms with E-state index in [-0.39, 0.29) is 11.6 Å². The molecule has 0 amide bonds. The molecule has 6 heteroatoms. The van der Waals surface area contributed by atoms with Crippen molar-refractivity contribution in [2.24, 2.45) is 5.84 Å². The largest absolute Gasteiger partial charge is 0.352 e. The molecule has 2 N–H and O–H groups in total. The number of anilines is 1. The molecule has 0 fully saturated rings. The Morgan fingerprint density at radius 1 is 1.09 bits per heavy atom. The summed E-state index contributed by atoms with van der Waals surface area (Å²) in [7, 11) is 0. The first-order valence-corrected chi connectivity index (χ1v) is 8.19. The van der Waals surface area contributed by atoms with Crippen LogP contribution >= 0.6 is 0 Å². The van der Waals surface area contributed by atoms with Crippen LogP contribution in [0.4, 0.5) is 5.95 Å². The van der Waals surface area contributed by atoms with Crippen LogP contribution in [0.25, 0.3) is 11.4 Å².